The van der Waals surface area contributed by atoms with Crippen molar-refractivity contribution in [2.75, 3.05) is 40.0 Å². The van der Waals surface area contributed by atoms with Crippen LogP contribution in [0.2, 0.25) is 0 Å². The lowest BCUT2D eigenvalue weighted by Crippen LogP contribution is -2.35. The summed E-state index contributed by atoms with van der Waals surface area (Å²) < 4.78 is 15.8. The summed E-state index contributed by atoms with van der Waals surface area (Å²) in [5.41, 5.74) is 0. The minimum Gasteiger partial charge on any atom is -0.465 e. The first kappa shape index (κ1) is 17.7. The highest BCUT2D eigenvalue weighted by atomic mass is 16.5. The van der Waals surface area contributed by atoms with E-state index in [-0.39, 0.29) is 13.2 Å². The molecular formula is C16H25NO4. The Bertz CT molecular complexity index is 424. The van der Waals surface area contributed by atoms with Crippen molar-refractivity contribution < 1.29 is 19.0 Å². The number of rotatable bonds is 11. The van der Waals surface area contributed by atoms with Gasteiger partial charge in [-0.25, -0.2) is 0 Å². The van der Waals surface area contributed by atoms with Gasteiger partial charge in [0, 0.05) is 26.8 Å². The standard InChI is InChI=1S/C16H25NO4/c1-4-9-20-13-15(18)11-17(8-5-10-19-3)12-16-7-6-14(2)21-16/h1,6-7,15,18H,5,8-13H2,2-3H3/t15-/m0/s1. The van der Waals surface area contributed by atoms with Crippen LogP contribution in [0.4, 0.5) is 0 Å². The molecule has 1 rings (SSSR count). The molecule has 0 aliphatic heterocycles. The first-order valence-corrected chi connectivity index (χ1v) is 7.11. The Morgan fingerprint density at radius 2 is 2.29 bits per heavy atom. The smallest absolute Gasteiger partial charge is 0.118 e. The molecule has 0 radical (unpaired) electrons. The molecule has 1 N–H and O–H groups in total. The fourth-order valence-electron chi connectivity index (χ4n) is 2.06. The van der Waals surface area contributed by atoms with Crippen LogP contribution in [0.5, 0.6) is 0 Å². The summed E-state index contributed by atoms with van der Waals surface area (Å²) >= 11 is 0. The predicted molar refractivity (Wildman–Crippen MR) is 80.9 cm³/mol. The van der Waals surface area contributed by atoms with Gasteiger partial charge in [0.15, 0.2) is 0 Å². The van der Waals surface area contributed by atoms with Crippen LogP contribution in [0, 0.1) is 19.3 Å². The van der Waals surface area contributed by atoms with Crippen LogP contribution >= 0.6 is 0 Å². The third-order valence-electron chi connectivity index (χ3n) is 2.96. The second kappa shape index (κ2) is 10.4. The minimum atomic E-state index is -0.572. The monoisotopic (exact) mass is 295 g/mol. The lowest BCUT2D eigenvalue weighted by Gasteiger charge is -2.24. The first-order chi connectivity index (χ1) is 10.2. The predicted octanol–water partition coefficient (Wildman–Crippen LogP) is 1.44. The number of terminal acetylenes is 1. The Labute approximate surface area is 126 Å². The van der Waals surface area contributed by atoms with Crippen molar-refractivity contribution in [1.29, 1.82) is 0 Å². The van der Waals surface area contributed by atoms with Gasteiger partial charge in [0.1, 0.15) is 18.1 Å². The van der Waals surface area contributed by atoms with E-state index in [0.29, 0.717) is 19.7 Å². The molecule has 0 aliphatic carbocycles. The first-order valence-electron chi connectivity index (χ1n) is 7.11. The molecule has 0 aliphatic rings. The van der Waals surface area contributed by atoms with Gasteiger partial charge in [-0.05, 0) is 25.5 Å². The van der Waals surface area contributed by atoms with E-state index >= 15 is 0 Å². The number of nitrogens with zero attached hydrogens (tertiary/aromatic N) is 1. The maximum Gasteiger partial charge on any atom is 0.118 e. The molecule has 0 spiro atoms. The highest BCUT2D eigenvalue weighted by Crippen LogP contribution is 2.10. The van der Waals surface area contributed by atoms with Crippen LogP contribution in [-0.4, -0.2) is 56.1 Å². The van der Waals surface area contributed by atoms with Crippen molar-refractivity contribution in [3.05, 3.63) is 23.7 Å². The number of aliphatic hydroxyl groups is 1. The van der Waals surface area contributed by atoms with Crippen molar-refractivity contribution in [3.8, 4) is 12.3 Å². The minimum absolute atomic E-state index is 0.220. The van der Waals surface area contributed by atoms with Crippen LogP contribution in [-0.2, 0) is 16.0 Å². The molecular weight excluding hydrogens is 270 g/mol. The van der Waals surface area contributed by atoms with Crippen molar-refractivity contribution in [3.63, 3.8) is 0 Å². The van der Waals surface area contributed by atoms with E-state index in [1.54, 1.807) is 7.11 Å². The summed E-state index contributed by atoms with van der Waals surface area (Å²) in [6.07, 6.45) is 5.43. The number of aliphatic hydroxyl groups excluding tert-OH is 1. The van der Waals surface area contributed by atoms with E-state index in [0.717, 1.165) is 24.5 Å². The molecule has 0 unspecified atom stereocenters. The molecule has 5 nitrogen and oxygen atoms in total. The van der Waals surface area contributed by atoms with Gasteiger partial charge < -0.3 is 19.0 Å². The molecule has 0 saturated heterocycles. The van der Waals surface area contributed by atoms with Gasteiger partial charge in [0.2, 0.25) is 0 Å². The third kappa shape index (κ3) is 7.88. The summed E-state index contributed by atoms with van der Waals surface area (Å²) in [6, 6.07) is 3.90. The van der Waals surface area contributed by atoms with Crippen LogP contribution in [0.15, 0.2) is 16.5 Å². The highest BCUT2D eigenvalue weighted by Gasteiger charge is 2.14. The van der Waals surface area contributed by atoms with Gasteiger partial charge in [-0.3, -0.25) is 4.90 Å². The molecule has 1 aromatic heterocycles. The number of furan rings is 1. The molecule has 0 aromatic carbocycles. The summed E-state index contributed by atoms with van der Waals surface area (Å²) in [5, 5.41) is 9.99. The van der Waals surface area contributed by atoms with Crippen LogP contribution in [0.25, 0.3) is 0 Å². The molecule has 21 heavy (non-hydrogen) atoms. The van der Waals surface area contributed by atoms with E-state index in [2.05, 4.69) is 10.8 Å². The van der Waals surface area contributed by atoms with E-state index in [9.17, 15) is 5.11 Å². The maximum atomic E-state index is 9.99. The van der Waals surface area contributed by atoms with Gasteiger partial charge in [-0.15, -0.1) is 6.42 Å². The number of hydrogen-bond donors (Lipinski definition) is 1. The normalized spacial score (nSPS) is 12.5. The number of hydrogen-bond acceptors (Lipinski definition) is 5. The Kier molecular flexibility index (Phi) is 8.79. The Balaban J connectivity index is 2.45. The van der Waals surface area contributed by atoms with Gasteiger partial charge in [-0.1, -0.05) is 5.92 Å². The lowest BCUT2D eigenvalue weighted by atomic mass is 10.3. The quantitative estimate of drug-likeness (QED) is 0.494. The van der Waals surface area contributed by atoms with E-state index in [1.165, 1.54) is 0 Å². The highest BCUT2D eigenvalue weighted by molar-refractivity contribution is 5.05. The largest absolute Gasteiger partial charge is 0.465 e. The zero-order valence-electron chi connectivity index (χ0n) is 12.9. The third-order valence-corrected chi connectivity index (χ3v) is 2.96. The molecule has 0 amide bonds. The van der Waals surface area contributed by atoms with Crippen molar-refractivity contribution >= 4 is 0 Å². The van der Waals surface area contributed by atoms with Crippen LogP contribution in [0.1, 0.15) is 17.9 Å². The Hall–Kier alpha value is -1.32. The molecule has 0 saturated carbocycles. The topological polar surface area (TPSA) is 55.1 Å². The fourth-order valence-corrected chi connectivity index (χ4v) is 2.06. The zero-order chi connectivity index (χ0) is 15.5. The Morgan fingerprint density at radius 1 is 1.48 bits per heavy atom. The van der Waals surface area contributed by atoms with Gasteiger partial charge >= 0.3 is 0 Å². The molecule has 0 fully saturated rings. The number of ether oxygens (including phenoxy) is 2. The van der Waals surface area contributed by atoms with E-state index in [4.69, 9.17) is 20.3 Å². The second-order valence-corrected chi connectivity index (χ2v) is 4.97. The summed E-state index contributed by atoms with van der Waals surface area (Å²) in [4.78, 5) is 2.13. The van der Waals surface area contributed by atoms with Gasteiger partial charge in [-0.2, -0.15) is 0 Å². The molecule has 0 bridgehead atoms. The van der Waals surface area contributed by atoms with E-state index in [1.807, 2.05) is 19.1 Å². The maximum absolute atomic E-state index is 9.99. The Morgan fingerprint density at radius 3 is 2.90 bits per heavy atom. The van der Waals surface area contributed by atoms with Gasteiger partial charge in [0.05, 0.1) is 19.3 Å². The zero-order valence-corrected chi connectivity index (χ0v) is 12.9. The lowest BCUT2D eigenvalue weighted by molar-refractivity contribution is 0.0231. The molecule has 1 aromatic rings. The van der Waals surface area contributed by atoms with Gasteiger partial charge in [0.25, 0.3) is 0 Å². The second-order valence-electron chi connectivity index (χ2n) is 4.97. The van der Waals surface area contributed by atoms with Crippen LogP contribution in [0.3, 0.4) is 0 Å². The average molecular weight is 295 g/mol. The fraction of sp³-hybridized carbons (Fsp3) is 0.625. The van der Waals surface area contributed by atoms with Crippen molar-refractivity contribution in [2.24, 2.45) is 0 Å². The van der Waals surface area contributed by atoms with Crippen LogP contribution < -0.4 is 0 Å². The molecule has 1 atom stereocenters. The summed E-state index contributed by atoms with van der Waals surface area (Å²) in [5.74, 6) is 4.16. The van der Waals surface area contributed by atoms with Crippen molar-refractivity contribution in [1.82, 2.24) is 4.90 Å². The average Bonchev–Trinajstić information content (AvgIpc) is 2.84. The molecule has 1 heterocycles. The number of methoxy groups -OCH3 is 1. The van der Waals surface area contributed by atoms with E-state index < -0.39 is 6.10 Å². The summed E-state index contributed by atoms with van der Waals surface area (Å²) in [7, 11) is 1.68. The molecule has 5 heteroatoms. The SMILES string of the molecule is C#CCOC[C@@H](O)CN(CCCOC)Cc1ccc(C)o1. The molecule has 118 valence electrons. The summed E-state index contributed by atoms with van der Waals surface area (Å²) in [6.45, 7) is 5.05. The van der Waals surface area contributed by atoms with Crippen molar-refractivity contribution in [2.45, 2.75) is 26.0 Å². The number of aryl methyl sites for hydroxylation is 1.